The first-order chi connectivity index (χ1) is 17.9. The molecular formula is C28H45N3O6. The van der Waals surface area contributed by atoms with Crippen molar-refractivity contribution in [2.75, 3.05) is 64.7 Å². The van der Waals surface area contributed by atoms with E-state index in [1.165, 1.54) is 5.56 Å². The predicted molar refractivity (Wildman–Crippen MR) is 149 cm³/mol. The van der Waals surface area contributed by atoms with Crippen LogP contribution >= 0.6 is 0 Å². The average molecular weight is 520 g/mol. The van der Waals surface area contributed by atoms with E-state index in [1.54, 1.807) is 14.2 Å². The number of nitrogens with zero attached hydrogens (tertiary/aromatic N) is 1. The molecule has 0 unspecified atom stereocenters. The molecule has 0 radical (unpaired) electrons. The van der Waals surface area contributed by atoms with Crippen molar-refractivity contribution in [3.05, 3.63) is 44.2 Å². The summed E-state index contributed by atoms with van der Waals surface area (Å²) in [5, 5.41) is 16.3. The first-order valence-electron chi connectivity index (χ1n) is 13.4. The number of rotatable bonds is 21. The van der Waals surface area contributed by atoms with Crippen LogP contribution in [0.1, 0.15) is 57.4 Å². The Morgan fingerprint density at radius 1 is 0.919 bits per heavy atom. The van der Waals surface area contributed by atoms with Crippen LogP contribution in [0.4, 0.5) is 11.4 Å². The summed E-state index contributed by atoms with van der Waals surface area (Å²) in [4.78, 5) is 25.8. The van der Waals surface area contributed by atoms with E-state index in [0.717, 1.165) is 69.4 Å². The van der Waals surface area contributed by atoms with Crippen LogP contribution in [-0.2, 0) is 11.2 Å². The van der Waals surface area contributed by atoms with E-state index in [-0.39, 0.29) is 12.2 Å². The van der Waals surface area contributed by atoms with Crippen molar-refractivity contribution in [3.63, 3.8) is 0 Å². The van der Waals surface area contributed by atoms with Crippen LogP contribution < -0.4 is 31.0 Å². The van der Waals surface area contributed by atoms with E-state index in [1.807, 2.05) is 24.1 Å². The first kappa shape index (κ1) is 30.6. The maximum absolute atomic E-state index is 12.0. The summed E-state index contributed by atoms with van der Waals surface area (Å²) in [7, 11) is 5.16. The number of benzene rings is 1. The van der Waals surface area contributed by atoms with Crippen molar-refractivity contribution >= 4 is 11.4 Å². The van der Waals surface area contributed by atoms with Gasteiger partial charge in [-0.1, -0.05) is 32.3 Å². The van der Waals surface area contributed by atoms with Crippen LogP contribution in [0.2, 0.25) is 0 Å². The largest absolute Gasteiger partial charge is 0.493 e. The second-order valence-corrected chi connectivity index (χ2v) is 9.37. The lowest BCUT2D eigenvalue weighted by Crippen LogP contribution is -2.42. The lowest BCUT2D eigenvalue weighted by molar-refractivity contribution is 0.0327. The fourth-order valence-corrected chi connectivity index (χ4v) is 4.03. The SMILES string of the molecule is CCCCN(C)[C@@H](O)CNc1c(NCCCCCCc2ccc(OC)c(OCCCOC)c2)c(=O)c1=O. The molecule has 0 aliphatic carbocycles. The molecule has 9 heteroatoms. The standard InChI is InChI=1S/C28H45N3O6/c1-5-6-16-31(2)24(32)20-30-26-25(27(33)28(26)34)29-15-10-8-7-9-12-21-13-14-22(36-4)23(19-21)37-18-11-17-35-3/h13-14,19,24,29-30,32H,5-12,15-18,20H2,1-4H3/t24-/m0/s1. The number of anilines is 2. The second-order valence-electron chi connectivity index (χ2n) is 9.37. The summed E-state index contributed by atoms with van der Waals surface area (Å²) in [6.45, 7) is 4.94. The summed E-state index contributed by atoms with van der Waals surface area (Å²) in [6.07, 6.45) is 7.12. The van der Waals surface area contributed by atoms with E-state index >= 15 is 0 Å². The number of aliphatic hydroxyl groups excluding tert-OH is 1. The van der Waals surface area contributed by atoms with Crippen molar-refractivity contribution in [1.29, 1.82) is 0 Å². The van der Waals surface area contributed by atoms with E-state index in [2.05, 4.69) is 23.6 Å². The zero-order valence-electron chi connectivity index (χ0n) is 22.9. The van der Waals surface area contributed by atoms with Gasteiger partial charge in [0, 0.05) is 33.2 Å². The van der Waals surface area contributed by atoms with Gasteiger partial charge in [-0.05, 0) is 50.4 Å². The quantitative estimate of drug-likeness (QED) is 0.130. The number of hydrogen-bond acceptors (Lipinski definition) is 9. The number of aliphatic hydroxyl groups is 1. The van der Waals surface area contributed by atoms with Gasteiger partial charge in [0.1, 0.15) is 17.6 Å². The summed E-state index contributed by atoms with van der Waals surface area (Å²) in [5.74, 6) is 1.50. The number of methoxy groups -OCH3 is 2. The normalized spacial score (nSPS) is 12.2. The highest BCUT2D eigenvalue weighted by Crippen LogP contribution is 2.29. The molecule has 0 heterocycles. The van der Waals surface area contributed by atoms with Crippen molar-refractivity contribution in [2.24, 2.45) is 0 Å². The first-order valence-corrected chi connectivity index (χ1v) is 13.4. The van der Waals surface area contributed by atoms with Crippen LogP contribution in [-0.4, -0.2) is 70.3 Å². The summed E-state index contributed by atoms with van der Waals surface area (Å²) < 4.78 is 16.3. The Kier molecular flexibility index (Phi) is 14.1. The van der Waals surface area contributed by atoms with Gasteiger partial charge in [0.2, 0.25) is 0 Å². The predicted octanol–water partition coefficient (Wildman–Crippen LogP) is 3.38. The van der Waals surface area contributed by atoms with Gasteiger partial charge in [-0.25, -0.2) is 0 Å². The Labute approximate surface area is 220 Å². The minimum Gasteiger partial charge on any atom is -0.493 e. The lowest BCUT2D eigenvalue weighted by atomic mass is 10.1. The summed E-state index contributed by atoms with van der Waals surface area (Å²) in [6, 6.07) is 6.07. The molecule has 0 aromatic heterocycles. The number of hydrogen-bond donors (Lipinski definition) is 3. The molecule has 37 heavy (non-hydrogen) atoms. The van der Waals surface area contributed by atoms with Crippen LogP contribution in [0.3, 0.4) is 0 Å². The lowest BCUT2D eigenvalue weighted by Gasteiger charge is -2.24. The third-order valence-corrected chi connectivity index (χ3v) is 6.42. The van der Waals surface area contributed by atoms with Crippen LogP contribution in [0.15, 0.2) is 27.8 Å². The van der Waals surface area contributed by atoms with E-state index < -0.39 is 17.1 Å². The molecule has 3 N–H and O–H groups in total. The smallest absolute Gasteiger partial charge is 0.253 e. The highest BCUT2D eigenvalue weighted by Gasteiger charge is 2.21. The number of nitrogens with one attached hydrogen (secondary N) is 2. The monoisotopic (exact) mass is 519 g/mol. The highest BCUT2D eigenvalue weighted by atomic mass is 16.5. The van der Waals surface area contributed by atoms with Gasteiger partial charge in [-0.15, -0.1) is 0 Å². The maximum atomic E-state index is 12.0. The Balaban J connectivity index is 1.68. The van der Waals surface area contributed by atoms with Crippen molar-refractivity contribution in [1.82, 2.24) is 4.90 Å². The summed E-state index contributed by atoms with van der Waals surface area (Å²) in [5.41, 5.74) is 0.823. The maximum Gasteiger partial charge on any atom is 0.253 e. The van der Waals surface area contributed by atoms with Gasteiger partial charge in [0.15, 0.2) is 11.5 Å². The number of ether oxygens (including phenoxy) is 3. The van der Waals surface area contributed by atoms with Crippen molar-refractivity contribution in [2.45, 2.75) is 64.5 Å². The van der Waals surface area contributed by atoms with Crippen LogP contribution in [0, 0.1) is 0 Å². The van der Waals surface area contributed by atoms with E-state index in [4.69, 9.17) is 14.2 Å². The van der Waals surface area contributed by atoms with E-state index in [9.17, 15) is 14.7 Å². The van der Waals surface area contributed by atoms with Crippen molar-refractivity contribution < 1.29 is 19.3 Å². The molecule has 2 aromatic carbocycles. The van der Waals surface area contributed by atoms with Crippen LogP contribution in [0.25, 0.3) is 0 Å². The van der Waals surface area contributed by atoms with Crippen LogP contribution in [0.5, 0.6) is 11.5 Å². The molecule has 0 saturated heterocycles. The second kappa shape index (κ2) is 17.0. The van der Waals surface area contributed by atoms with Gasteiger partial charge in [-0.3, -0.25) is 14.5 Å². The van der Waals surface area contributed by atoms with Gasteiger partial charge in [0.05, 0.1) is 20.3 Å². The van der Waals surface area contributed by atoms with Gasteiger partial charge < -0.3 is 30.0 Å². The molecule has 0 spiro atoms. The average Bonchev–Trinajstić information content (AvgIpc) is 2.91. The number of unbranched alkanes of at least 4 members (excludes halogenated alkanes) is 4. The third-order valence-electron chi connectivity index (χ3n) is 6.42. The van der Waals surface area contributed by atoms with Gasteiger partial charge in [0.25, 0.3) is 10.9 Å². The Hall–Kier alpha value is -2.62. The zero-order valence-corrected chi connectivity index (χ0v) is 22.9. The van der Waals surface area contributed by atoms with E-state index in [0.29, 0.717) is 25.4 Å². The molecule has 0 saturated carbocycles. The molecule has 1 atom stereocenters. The fraction of sp³-hybridized carbons (Fsp3) is 0.643. The Morgan fingerprint density at radius 2 is 1.65 bits per heavy atom. The summed E-state index contributed by atoms with van der Waals surface area (Å²) >= 11 is 0. The Bertz CT molecular complexity index is 989. The molecule has 0 aliphatic rings. The highest BCUT2D eigenvalue weighted by molar-refractivity contribution is 5.73. The van der Waals surface area contributed by atoms with Gasteiger partial charge >= 0.3 is 0 Å². The fourth-order valence-electron chi connectivity index (χ4n) is 4.03. The third kappa shape index (κ3) is 9.98. The molecule has 208 valence electrons. The number of aryl methyl sites for hydroxylation is 1. The molecule has 0 fully saturated rings. The molecular weight excluding hydrogens is 474 g/mol. The molecule has 0 amide bonds. The molecule has 0 aliphatic heterocycles. The Morgan fingerprint density at radius 3 is 2.35 bits per heavy atom. The molecule has 2 rings (SSSR count). The molecule has 9 nitrogen and oxygen atoms in total. The van der Waals surface area contributed by atoms with Gasteiger partial charge in [-0.2, -0.15) is 0 Å². The van der Waals surface area contributed by atoms with Crippen molar-refractivity contribution in [3.8, 4) is 11.5 Å². The number of likely N-dealkylation sites (N-methyl/N-ethyl adjacent to an activating group) is 1. The minimum absolute atomic E-state index is 0.199. The minimum atomic E-state index is -0.715. The zero-order chi connectivity index (χ0) is 27.0. The molecule has 2 aromatic rings. The molecule has 0 bridgehead atoms. The topological polar surface area (TPSA) is 109 Å².